The van der Waals surface area contributed by atoms with Gasteiger partial charge in [-0.05, 0) is 18.7 Å². The molecule has 0 unspecified atom stereocenters. The van der Waals surface area contributed by atoms with Crippen LogP contribution in [0.15, 0.2) is 21.7 Å². The summed E-state index contributed by atoms with van der Waals surface area (Å²) in [5.41, 5.74) is -0.136. The summed E-state index contributed by atoms with van der Waals surface area (Å²) in [6.45, 7) is 2.98. The van der Waals surface area contributed by atoms with Gasteiger partial charge in [0.05, 0.1) is 10.9 Å². The Hall–Kier alpha value is -1.95. The summed E-state index contributed by atoms with van der Waals surface area (Å²) in [4.78, 5) is 23.8. The van der Waals surface area contributed by atoms with Gasteiger partial charge < -0.3 is 5.32 Å². The van der Waals surface area contributed by atoms with E-state index in [0.29, 0.717) is 29.6 Å². The van der Waals surface area contributed by atoms with Gasteiger partial charge in [0.2, 0.25) is 0 Å². The molecule has 2 aromatic rings. The third kappa shape index (κ3) is 2.19. The van der Waals surface area contributed by atoms with Gasteiger partial charge >= 0.3 is 5.69 Å². The fraction of sp³-hybridized carbons (Fsp3) is 0.385. The molecule has 0 saturated heterocycles. The van der Waals surface area contributed by atoms with Crippen molar-refractivity contribution in [3.8, 4) is 0 Å². The molecule has 1 heterocycles. The number of nitrogens with one attached hydrogen (secondary N) is 1. The third-order valence-corrected chi connectivity index (χ3v) is 3.20. The van der Waals surface area contributed by atoms with Gasteiger partial charge in [-0.25, -0.2) is 9.18 Å². The molecule has 6 heteroatoms. The molecule has 1 aromatic heterocycles. The molecule has 2 rings (SSSR count). The Balaban J connectivity index is 2.79. The minimum absolute atomic E-state index is 0.311. The Labute approximate surface area is 109 Å². The summed E-state index contributed by atoms with van der Waals surface area (Å²) in [6.07, 6.45) is 0. The van der Waals surface area contributed by atoms with Gasteiger partial charge in [-0.3, -0.25) is 13.9 Å². The molecule has 0 bridgehead atoms. The average molecular weight is 265 g/mol. The van der Waals surface area contributed by atoms with E-state index in [1.54, 1.807) is 0 Å². The van der Waals surface area contributed by atoms with Crippen molar-refractivity contribution >= 4 is 10.9 Å². The molecule has 0 fully saturated rings. The highest BCUT2D eigenvalue weighted by Crippen LogP contribution is 2.15. The molecule has 1 N–H and O–H groups in total. The van der Waals surface area contributed by atoms with Crippen LogP contribution in [0.25, 0.3) is 10.9 Å². The molecule has 102 valence electrons. The number of rotatable bonds is 3. The van der Waals surface area contributed by atoms with E-state index in [1.165, 1.54) is 30.8 Å². The van der Waals surface area contributed by atoms with Crippen LogP contribution in [0.4, 0.5) is 4.39 Å². The quantitative estimate of drug-likeness (QED) is 0.878. The highest BCUT2D eigenvalue weighted by Gasteiger charge is 2.12. The van der Waals surface area contributed by atoms with E-state index in [-0.39, 0.29) is 0 Å². The van der Waals surface area contributed by atoms with Crippen molar-refractivity contribution in [2.24, 2.45) is 14.1 Å². The monoisotopic (exact) mass is 265 g/mol. The smallest absolute Gasteiger partial charge is 0.313 e. The summed E-state index contributed by atoms with van der Waals surface area (Å²) in [5, 5.41) is 3.36. The van der Waals surface area contributed by atoms with Crippen molar-refractivity contribution in [1.82, 2.24) is 14.5 Å². The second kappa shape index (κ2) is 4.97. The molecule has 0 saturated carbocycles. The maximum Gasteiger partial charge on any atom is 0.330 e. The number of aryl methyl sites for hydroxylation is 1. The number of halogens is 1. The number of hydrogen-bond donors (Lipinski definition) is 1. The Morgan fingerprint density at radius 2 is 1.89 bits per heavy atom. The number of fused-ring (bicyclic) bond motifs is 1. The minimum Gasteiger partial charge on any atom is -0.313 e. The van der Waals surface area contributed by atoms with Crippen LogP contribution < -0.4 is 16.6 Å². The Kier molecular flexibility index (Phi) is 3.53. The largest absolute Gasteiger partial charge is 0.330 e. The number of nitrogens with zero attached hydrogens (tertiary/aromatic N) is 2. The molecule has 0 spiro atoms. The molecule has 0 aliphatic carbocycles. The van der Waals surface area contributed by atoms with Crippen LogP contribution >= 0.6 is 0 Å². The van der Waals surface area contributed by atoms with E-state index in [2.05, 4.69) is 5.32 Å². The van der Waals surface area contributed by atoms with Gasteiger partial charge in [0.1, 0.15) is 5.82 Å². The van der Waals surface area contributed by atoms with Crippen molar-refractivity contribution in [3.05, 3.63) is 44.4 Å². The molecular formula is C13H16FN3O2. The van der Waals surface area contributed by atoms with E-state index in [0.717, 1.165) is 4.57 Å². The van der Waals surface area contributed by atoms with Crippen LogP contribution in [0.2, 0.25) is 0 Å². The lowest BCUT2D eigenvalue weighted by atomic mass is 10.1. The molecule has 0 aliphatic heterocycles. The van der Waals surface area contributed by atoms with E-state index >= 15 is 0 Å². The fourth-order valence-corrected chi connectivity index (χ4v) is 2.05. The van der Waals surface area contributed by atoms with Gasteiger partial charge in [0.15, 0.2) is 0 Å². The van der Waals surface area contributed by atoms with Crippen LogP contribution in [0, 0.1) is 5.82 Å². The van der Waals surface area contributed by atoms with Crippen molar-refractivity contribution < 1.29 is 4.39 Å². The second-order valence-electron chi connectivity index (χ2n) is 4.45. The first-order valence-electron chi connectivity index (χ1n) is 6.06. The topological polar surface area (TPSA) is 56.0 Å². The van der Waals surface area contributed by atoms with Gasteiger partial charge in [-0.2, -0.15) is 0 Å². The Morgan fingerprint density at radius 1 is 1.21 bits per heavy atom. The summed E-state index contributed by atoms with van der Waals surface area (Å²) >= 11 is 0. The number of aromatic nitrogens is 2. The lowest BCUT2D eigenvalue weighted by Crippen LogP contribution is -2.37. The lowest BCUT2D eigenvalue weighted by molar-refractivity contribution is 0.593. The van der Waals surface area contributed by atoms with Crippen molar-refractivity contribution in [1.29, 1.82) is 0 Å². The second-order valence-corrected chi connectivity index (χ2v) is 4.45. The molecule has 0 amide bonds. The maximum atomic E-state index is 13.9. The molecule has 19 heavy (non-hydrogen) atoms. The first-order valence-corrected chi connectivity index (χ1v) is 6.06. The standard InChI is InChI=1S/C13H16FN3O2/c1-4-15-7-8-5-9-11(6-10(8)14)16(2)13(19)17(3)12(9)18/h5-6,15H,4,7H2,1-3H3. The zero-order chi connectivity index (χ0) is 14.2. The minimum atomic E-state index is -0.462. The summed E-state index contributed by atoms with van der Waals surface area (Å²) in [7, 11) is 2.94. The fourth-order valence-electron chi connectivity index (χ4n) is 2.05. The summed E-state index contributed by atoms with van der Waals surface area (Å²) in [6, 6.07) is 2.75. The van der Waals surface area contributed by atoms with Gasteiger partial charge in [-0.15, -0.1) is 0 Å². The Morgan fingerprint density at radius 3 is 2.53 bits per heavy atom. The zero-order valence-corrected chi connectivity index (χ0v) is 11.2. The van der Waals surface area contributed by atoms with Crippen LogP contribution in [0.3, 0.4) is 0 Å². The van der Waals surface area contributed by atoms with Crippen LogP contribution in [-0.2, 0) is 20.6 Å². The maximum absolute atomic E-state index is 13.9. The van der Waals surface area contributed by atoms with Crippen molar-refractivity contribution in [3.63, 3.8) is 0 Å². The molecule has 0 radical (unpaired) electrons. The van der Waals surface area contributed by atoms with Gasteiger partial charge in [0.25, 0.3) is 5.56 Å². The molecule has 0 aliphatic rings. The van der Waals surface area contributed by atoms with Crippen molar-refractivity contribution in [2.45, 2.75) is 13.5 Å². The normalized spacial score (nSPS) is 11.2. The van der Waals surface area contributed by atoms with Gasteiger partial charge in [-0.1, -0.05) is 6.92 Å². The third-order valence-electron chi connectivity index (χ3n) is 3.20. The number of hydrogen-bond acceptors (Lipinski definition) is 3. The van der Waals surface area contributed by atoms with E-state index in [9.17, 15) is 14.0 Å². The molecule has 1 aromatic carbocycles. The molecule has 5 nitrogen and oxygen atoms in total. The highest BCUT2D eigenvalue weighted by atomic mass is 19.1. The molecular weight excluding hydrogens is 249 g/mol. The average Bonchev–Trinajstić information content (AvgIpc) is 2.41. The van der Waals surface area contributed by atoms with E-state index < -0.39 is 17.1 Å². The number of benzene rings is 1. The van der Waals surface area contributed by atoms with E-state index in [1.807, 2.05) is 6.92 Å². The lowest BCUT2D eigenvalue weighted by Gasteiger charge is -2.10. The zero-order valence-electron chi connectivity index (χ0n) is 11.2. The predicted octanol–water partition coefficient (Wildman–Crippen LogP) is 0.486. The first-order chi connectivity index (χ1) is 8.97. The van der Waals surface area contributed by atoms with Crippen molar-refractivity contribution in [2.75, 3.05) is 6.54 Å². The van der Waals surface area contributed by atoms with Crippen LogP contribution in [0.5, 0.6) is 0 Å². The van der Waals surface area contributed by atoms with Crippen LogP contribution in [-0.4, -0.2) is 15.7 Å². The van der Waals surface area contributed by atoms with Gasteiger partial charge in [0, 0.05) is 26.2 Å². The van der Waals surface area contributed by atoms with E-state index in [4.69, 9.17) is 0 Å². The molecule has 0 atom stereocenters. The summed E-state index contributed by atoms with van der Waals surface area (Å²) < 4.78 is 16.2. The Bertz CT molecular complexity index is 746. The predicted molar refractivity (Wildman–Crippen MR) is 71.8 cm³/mol. The summed E-state index contributed by atoms with van der Waals surface area (Å²) in [5.74, 6) is -0.420. The van der Waals surface area contributed by atoms with Crippen LogP contribution in [0.1, 0.15) is 12.5 Å². The highest BCUT2D eigenvalue weighted by molar-refractivity contribution is 5.79. The SMILES string of the molecule is CCNCc1cc2c(=O)n(C)c(=O)n(C)c2cc1F. The first kappa shape index (κ1) is 13.5.